The average Bonchev–Trinajstić information content (AvgIpc) is 2.76. The van der Waals surface area contributed by atoms with E-state index in [1.54, 1.807) is 0 Å². The highest BCUT2D eigenvalue weighted by Crippen LogP contribution is 2.36. The Bertz CT molecular complexity index is 404. The van der Waals surface area contributed by atoms with E-state index in [1.807, 2.05) is 0 Å². The van der Waals surface area contributed by atoms with Gasteiger partial charge in [0.2, 0.25) is 0 Å². The molecular formula is C19H31NO. The summed E-state index contributed by atoms with van der Waals surface area (Å²) < 4.78 is 5.98. The van der Waals surface area contributed by atoms with Gasteiger partial charge in [-0.15, -0.1) is 0 Å². The van der Waals surface area contributed by atoms with Gasteiger partial charge in [-0.2, -0.15) is 0 Å². The van der Waals surface area contributed by atoms with E-state index in [4.69, 9.17) is 4.74 Å². The summed E-state index contributed by atoms with van der Waals surface area (Å²) in [7, 11) is 0. The van der Waals surface area contributed by atoms with E-state index < -0.39 is 0 Å². The van der Waals surface area contributed by atoms with Crippen LogP contribution in [-0.4, -0.2) is 19.2 Å². The molecule has 1 saturated carbocycles. The number of hydrogen-bond donors (Lipinski definition) is 1. The third-order valence-corrected chi connectivity index (χ3v) is 4.43. The first-order valence-electron chi connectivity index (χ1n) is 8.80. The van der Waals surface area contributed by atoms with Crippen LogP contribution in [0.25, 0.3) is 0 Å². The van der Waals surface area contributed by atoms with E-state index in [2.05, 4.69) is 43.4 Å². The van der Waals surface area contributed by atoms with Gasteiger partial charge in [0.15, 0.2) is 0 Å². The minimum atomic E-state index is 0.648. The lowest BCUT2D eigenvalue weighted by Gasteiger charge is -2.23. The van der Waals surface area contributed by atoms with Crippen molar-refractivity contribution in [3.63, 3.8) is 0 Å². The summed E-state index contributed by atoms with van der Waals surface area (Å²) >= 11 is 0. The van der Waals surface area contributed by atoms with Gasteiger partial charge in [0.1, 0.15) is 5.75 Å². The monoisotopic (exact) mass is 289 g/mol. The molecule has 2 rings (SSSR count). The van der Waals surface area contributed by atoms with E-state index in [0.717, 1.165) is 25.3 Å². The molecule has 1 N–H and O–H groups in total. The zero-order valence-electron chi connectivity index (χ0n) is 13.7. The molecule has 1 aliphatic rings. The van der Waals surface area contributed by atoms with Crippen LogP contribution in [0.1, 0.15) is 70.3 Å². The van der Waals surface area contributed by atoms with Crippen LogP contribution >= 0.6 is 0 Å². The van der Waals surface area contributed by atoms with Gasteiger partial charge in [-0.25, -0.2) is 0 Å². The molecule has 2 nitrogen and oxygen atoms in total. The number of benzene rings is 1. The summed E-state index contributed by atoms with van der Waals surface area (Å²) in [6, 6.07) is 9.35. The second kappa shape index (κ2) is 9.09. The molecule has 1 aromatic rings. The zero-order chi connectivity index (χ0) is 14.9. The van der Waals surface area contributed by atoms with Crippen LogP contribution < -0.4 is 10.1 Å². The first kappa shape index (κ1) is 16.4. The van der Waals surface area contributed by atoms with Crippen LogP contribution in [0.5, 0.6) is 5.75 Å². The maximum Gasteiger partial charge on any atom is 0.122 e. The van der Waals surface area contributed by atoms with Gasteiger partial charge >= 0.3 is 0 Å². The molecule has 0 heterocycles. The molecule has 21 heavy (non-hydrogen) atoms. The van der Waals surface area contributed by atoms with Crippen LogP contribution in [0.15, 0.2) is 24.3 Å². The smallest absolute Gasteiger partial charge is 0.122 e. The van der Waals surface area contributed by atoms with Crippen LogP contribution in [0, 0.1) is 0 Å². The van der Waals surface area contributed by atoms with Crippen LogP contribution in [0.2, 0.25) is 0 Å². The Hall–Kier alpha value is -1.02. The maximum absolute atomic E-state index is 5.98. The minimum absolute atomic E-state index is 0.648. The summed E-state index contributed by atoms with van der Waals surface area (Å²) in [6.45, 7) is 6.38. The summed E-state index contributed by atoms with van der Waals surface area (Å²) in [6.07, 6.45) is 8.88. The molecule has 1 aromatic carbocycles. The summed E-state index contributed by atoms with van der Waals surface area (Å²) in [4.78, 5) is 0. The fourth-order valence-electron chi connectivity index (χ4n) is 3.34. The molecule has 0 spiro atoms. The first-order valence-corrected chi connectivity index (χ1v) is 8.80. The second-order valence-corrected chi connectivity index (χ2v) is 6.25. The van der Waals surface area contributed by atoms with E-state index in [1.165, 1.54) is 44.1 Å². The lowest BCUT2D eigenvalue weighted by Crippen LogP contribution is -2.30. The molecular weight excluding hydrogens is 258 g/mol. The molecule has 0 saturated heterocycles. The van der Waals surface area contributed by atoms with Crippen molar-refractivity contribution in [3.05, 3.63) is 29.8 Å². The highest BCUT2D eigenvalue weighted by Gasteiger charge is 2.23. The number of hydrogen-bond acceptors (Lipinski definition) is 2. The fourth-order valence-corrected chi connectivity index (χ4v) is 3.34. The van der Waals surface area contributed by atoms with Gasteiger partial charge < -0.3 is 10.1 Å². The Morgan fingerprint density at radius 1 is 1.10 bits per heavy atom. The standard InChI is InChI=1S/C19H31NO/c1-3-13-20-17-10-6-5-9-16(15-17)18-11-7-8-12-19(18)21-14-4-2/h7-8,11-12,16-17,20H,3-6,9-10,13-15H2,1-2H3. The van der Waals surface area contributed by atoms with E-state index >= 15 is 0 Å². The predicted molar refractivity (Wildman–Crippen MR) is 90.1 cm³/mol. The molecule has 2 unspecified atom stereocenters. The third-order valence-electron chi connectivity index (χ3n) is 4.43. The van der Waals surface area contributed by atoms with Crippen molar-refractivity contribution in [1.29, 1.82) is 0 Å². The fraction of sp³-hybridized carbons (Fsp3) is 0.684. The maximum atomic E-state index is 5.98. The van der Waals surface area contributed by atoms with Gasteiger partial charge in [-0.05, 0) is 56.2 Å². The molecule has 2 atom stereocenters. The number of para-hydroxylation sites is 1. The third kappa shape index (κ3) is 5.03. The van der Waals surface area contributed by atoms with E-state index in [-0.39, 0.29) is 0 Å². The van der Waals surface area contributed by atoms with Crippen LogP contribution in [0.3, 0.4) is 0 Å². The number of nitrogens with one attached hydrogen (secondary N) is 1. The Labute approximate surface area is 130 Å². The Balaban J connectivity index is 2.07. The van der Waals surface area contributed by atoms with Crippen molar-refractivity contribution in [2.24, 2.45) is 0 Å². The second-order valence-electron chi connectivity index (χ2n) is 6.25. The SMILES string of the molecule is CCCNC1CCCCC(c2ccccc2OCCC)C1. The number of rotatable bonds is 7. The van der Waals surface area contributed by atoms with Gasteiger partial charge in [0.05, 0.1) is 6.61 Å². The van der Waals surface area contributed by atoms with Crippen LogP contribution in [-0.2, 0) is 0 Å². The molecule has 0 aliphatic heterocycles. The predicted octanol–water partition coefficient (Wildman–Crippen LogP) is 4.89. The quantitative estimate of drug-likeness (QED) is 0.721. The molecule has 2 heteroatoms. The highest BCUT2D eigenvalue weighted by atomic mass is 16.5. The first-order chi connectivity index (χ1) is 10.3. The molecule has 0 radical (unpaired) electrons. The summed E-state index contributed by atoms with van der Waals surface area (Å²) in [5.41, 5.74) is 1.43. The van der Waals surface area contributed by atoms with Crippen molar-refractivity contribution < 1.29 is 4.74 Å². The van der Waals surface area contributed by atoms with Gasteiger partial charge in [0.25, 0.3) is 0 Å². The van der Waals surface area contributed by atoms with Gasteiger partial charge in [0, 0.05) is 6.04 Å². The Morgan fingerprint density at radius 3 is 2.71 bits per heavy atom. The largest absolute Gasteiger partial charge is 0.493 e. The van der Waals surface area contributed by atoms with E-state index in [9.17, 15) is 0 Å². The number of ether oxygens (including phenoxy) is 1. The van der Waals surface area contributed by atoms with Gasteiger partial charge in [-0.3, -0.25) is 0 Å². The molecule has 118 valence electrons. The topological polar surface area (TPSA) is 21.3 Å². The van der Waals surface area contributed by atoms with Crippen molar-refractivity contribution >= 4 is 0 Å². The average molecular weight is 289 g/mol. The minimum Gasteiger partial charge on any atom is -0.493 e. The lowest BCUT2D eigenvalue weighted by molar-refractivity contribution is 0.309. The molecule has 0 aromatic heterocycles. The molecule has 0 amide bonds. The van der Waals surface area contributed by atoms with Gasteiger partial charge in [-0.1, -0.05) is 44.9 Å². The zero-order valence-corrected chi connectivity index (χ0v) is 13.7. The molecule has 1 aliphatic carbocycles. The summed E-state index contributed by atoms with van der Waals surface area (Å²) in [5.74, 6) is 1.76. The lowest BCUT2D eigenvalue weighted by atomic mass is 9.89. The summed E-state index contributed by atoms with van der Waals surface area (Å²) in [5, 5.41) is 3.73. The molecule has 0 bridgehead atoms. The Kier molecular flexibility index (Phi) is 7.08. The van der Waals surface area contributed by atoms with Crippen molar-refractivity contribution in [2.45, 2.75) is 70.8 Å². The Morgan fingerprint density at radius 2 is 1.90 bits per heavy atom. The van der Waals surface area contributed by atoms with Crippen molar-refractivity contribution in [3.8, 4) is 5.75 Å². The van der Waals surface area contributed by atoms with Crippen molar-refractivity contribution in [1.82, 2.24) is 5.32 Å². The normalized spacial score (nSPS) is 22.8. The van der Waals surface area contributed by atoms with Crippen molar-refractivity contribution in [2.75, 3.05) is 13.2 Å². The van der Waals surface area contributed by atoms with Crippen LogP contribution in [0.4, 0.5) is 0 Å². The van der Waals surface area contributed by atoms with E-state index in [0.29, 0.717) is 12.0 Å². The highest BCUT2D eigenvalue weighted by molar-refractivity contribution is 5.36. The molecule has 1 fully saturated rings.